The first-order valence-electron chi connectivity index (χ1n) is 11.5. The molecule has 4 N–H and O–H groups in total. The third-order valence-electron chi connectivity index (χ3n) is 6.74. The molecule has 8 nitrogen and oxygen atoms in total. The van der Waals surface area contributed by atoms with Crippen molar-refractivity contribution in [3.63, 3.8) is 0 Å². The molecule has 0 spiro atoms. The van der Waals surface area contributed by atoms with E-state index in [1.807, 2.05) is 42.5 Å². The highest BCUT2D eigenvalue weighted by molar-refractivity contribution is 7.90. The summed E-state index contributed by atoms with van der Waals surface area (Å²) in [6.45, 7) is 2.54. The second-order valence-electron chi connectivity index (χ2n) is 8.83. The first kappa shape index (κ1) is 22.5. The van der Waals surface area contributed by atoms with Gasteiger partial charge in [0, 0.05) is 24.5 Å². The van der Waals surface area contributed by atoms with Crippen LogP contribution in [0.2, 0.25) is 0 Å². The minimum Gasteiger partial charge on any atom is -0.382 e. The van der Waals surface area contributed by atoms with E-state index in [2.05, 4.69) is 21.5 Å². The number of hydrogen-bond acceptors (Lipinski definition) is 6. The molecule has 0 aliphatic heterocycles. The molecule has 0 saturated heterocycles. The monoisotopic (exact) mass is 476 g/mol. The number of sulfonamides is 1. The topological polar surface area (TPSA) is 130 Å². The fourth-order valence-corrected chi connectivity index (χ4v) is 6.13. The molecule has 0 fully saturated rings. The number of benzene rings is 1. The number of unbranched alkanes of at least 4 members (excludes halogenated alkanes) is 1. The number of pyridine rings is 2. The second-order valence-corrected chi connectivity index (χ2v) is 10.7. The Morgan fingerprint density at radius 3 is 2.76 bits per heavy atom. The SMILES string of the molecule is CCCCc1nc2c(N)nc3ccccc3c2n1CCC1(S(N)(=O)=O)CC=Cc2cccnc21. The first-order valence-corrected chi connectivity index (χ1v) is 13.1. The summed E-state index contributed by atoms with van der Waals surface area (Å²) in [5, 5.41) is 6.83. The molecule has 0 saturated carbocycles. The molecule has 1 aromatic carbocycles. The maximum Gasteiger partial charge on any atom is 0.221 e. The van der Waals surface area contributed by atoms with Crippen molar-refractivity contribution in [2.45, 2.75) is 50.3 Å². The van der Waals surface area contributed by atoms with E-state index in [0.717, 1.165) is 47.1 Å². The molecule has 1 aliphatic carbocycles. The number of imidazole rings is 1. The molecule has 1 aliphatic rings. The molecule has 3 aromatic heterocycles. The maximum atomic E-state index is 13.1. The van der Waals surface area contributed by atoms with E-state index in [9.17, 15) is 8.42 Å². The van der Waals surface area contributed by atoms with Gasteiger partial charge in [-0.2, -0.15) is 0 Å². The quantitative estimate of drug-likeness (QED) is 0.416. The van der Waals surface area contributed by atoms with Gasteiger partial charge >= 0.3 is 0 Å². The van der Waals surface area contributed by atoms with Crippen LogP contribution < -0.4 is 10.9 Å². The predicted octanol–water partition coefficient (Wildman–Crippen LogP) is 3.90. The molecule has 176 valence electrons. The summed E-state index contributed by atoms with van der Waals surface area (Å²) in [6, 6.07) is 11.5. The van der Waals surface area contributed by atoms with Gasteiger partial charge in [0.05, 0.1) is 16.7 Å². The summed E-state index contributed by atoms with van der Waals surface area (Å²) in [7, 11) is -3.97. The van der Waals surface area contributed by atoms with Crippen molar-refractivity contribution >= 4 is 43.9 Å². The maximum absolute atomic E-state index is 13.1. The zero-order chi connectivity index (χ0) is 23.9. The van der Waals surface area contributed by atoms with Gasteiger partial charge in [-0.15, -0.1) is 0 Å². The van der Waals surface area contributed by atoms with Crippen LogP contribution in [0.25, 0.3) is 28.0 Å². The average molecular weight is 477 g/mol. The summed E-state index contributed by atoms with van der Waals surface area (Å²) in [5.41, 5.74) is 9.91. The number of primary sulfonamides is 1. The summed E-state index contributed by atoms with van der Waals surface area (Å²) in [6.07, 6.45) is 8.68. The van der Waals surface area contributed by atoms with Gasteiger partial charge in [-0.3, -0.25) is 4.98 Å². The standard InChI is InChI=1S/C25H28N6O2S/c1-2-3-12-20-30-21-22(18-10-4-5-11-19(18)29-24(21)26)31(20)16-14-25(34(27,32)33)13-6-8-17-9-7-15-28-23(17)25/h4-11,15H,2-3,12-14,16H2,1H3,(H2,26,29)(H2,27,32,33). The minimum atomic E-state index is -3.97. The average Bonchev–Trinajstić information content (AvgIpc) is 3.20. The number of hydrogen-bond donors (Lipinski definition) is 2. The summed E-state index contributed by atoms with van der Waals surface area (Å²) < 4.78 is 26.9. The van der Waals surface area contributed by atoms with Gasteiger partial charge in [-0.05, 0) is 37.0 Å². The molecular formula is C25H28N6O2S. The minimum absolute atomic E-state index is 0.265. The number of rotatable bonds is 7. The van der Waals surface area contributed by atoms with Crippen molar-refractivity contribution in [3.8, 4) is 0 Å². The van der Waals surface area contributed by atoms with Gasteiger partial charge in [0.1, 0.15) is 16.1 Å². The van der Waals surface area contributed by atoms with Crippen molar-refractivity contribution in [2.75, 3.05) is 5.73 Å². The fraction of sp³-hybridized carbons (Fsp3) is 0.320. The number of allylic oxidation sites excluding steroid dienone is 1. The van der Waals surface area contributed by atoms with Crippen LogP contribution in [-0.2, 0) is 27.7 Å². The molecule has 0 bridgehead atoms. The predicted molar refractivity (Wildman–Crippen MR) is 135 cm³/mol. The van der Waals surface area contributed by atoms with E-state index >= 15 is 0 Å². The largest absolute Gasteiger partial charge is 0.382 e. The molecule has 34 heavy (non-hydrogen) atoms. The van der Waals surface area contributed by atoms with Crippen LogP contribution in [0.4, 0.5) is 5.82 Å². The number of aromatic nitrogens is 4. The van der Waals surface area contributed by atoms with Crippen LogP contribution in [0.1, 0.15) is 49.7 Å². The molecule has 3 heterocycles. The lowest BCUT2D eigenvalue weighted by atomic mass is 9.88. The van der Waals surface area contributed by atoms with Crippen LogP contribution in [0, 0.1) is 0 Å². The van der Waals surface area contributed by atoms with E-state index in [4.69, 9.17) is 15.9 Å². The van der Waals surface area contributed by atoms with E-state index < -0.39 is 14.8 Å². The Morgan fingerprint density at radius 2 is 1.97 bits per heavy atom. The fourth-order valence-electron chi connectivity index (χ4n) is 4.98. The first-order chi connectivity index (χ1) is 16.4. The zero-order valence-corrected chi connectivity index (χ0v) is 19.9. The molecule has 0 amide bonds. The Bertz CT molecular complexity index is 1530. The van der Waals surface area contributed by atoms with Crippen LogP contribution in [0.15, 0.2) is 48.7 Å². The highest BCUT2D eigenvalue weighted by Crippen LogP contribution is 2.42. The highest BCUT2D eigenvalue weighted by atomic mass is 32.2. The van der Waals surface area contributed by atoms with E-state index in [0.29, 0.717) is 23.6 Å². The van der Waals surface area contributed by atoms with Gasteiger partial charge < -0.3 is 10.3 Å². The van der Waals surface area contributed by atoms with Gasteiger partial charge in [0.25, 0.3) is 0 Å². The van der Waals surface area contributed by atoms with Crippen LogP contribution >= 0.6 is 0 Å². The van der Waals surface area contributed by atoms with Crippen LogP contribution in [-0.4, -0.2) is 27.9 Å². The number of fused-ring (bicyclic) bond motifs is 4. The van der Waals surface area contributed by atoms with Gasteiger partial charge in [-0.1, -0.05) is 49.8 Å². The third kappa shape index (κ3) is 3.56. The van der Waals surface area contributed by atoms with Crippen molar-refractivity contribution in [3.05, 3.63) is 65.8 Å². The Balaban J connectivity index is 1.68. The zero-order valence-electron chi connectivity index (χ0n) is 19.1. The molecule has 1 unspecified atom stereocenters. The van der Waals surface area contributed by atoms with Gasteiger partial charge in [-0.25, -0.2) is 23.5 Å². The van der Waals surface area contributed by atoms with Crippen molar-refractivity contribution in [2.24, 2.45) is 5.14 Å². The van der Waals surface area contributed by atoms with Gasteiger partial charge in [0.2, 0.25) is 10.0 Å². The number of nitrogens with zero attached hydrogens (tertiary/aromatic N) is 4. The number of para-hydroxylation sites is 1. The normalized spacial score (nSPS) is 17.9. The lowest BCUT2D eigenvalue weighted by Gasteiger charge is -2.33. The highest BCUT2D eigenvalue weighted by Gasteiger charge is 2.46. The molecule has 4 aromatic rings. The van der Waals surface area contributed by atoms with Crippen LogP contribution in [0.3, 0.4) is 0 Å². The molecule has 1 atom stereocenters. The van der Waals surface area contributed by atoms with E-state index in [1.54, 1.807) is 12.3 Å². The number of aryl methyl sites for hydroxylation is 2. The summed E-state index contributed by atoms with van der Waals surface area (Å²) in [5.74, 6) is 1.25. The van der Waals surface area contributed by atoms with Crippen molar-refractivity contribution in [1.82, 2.24) is 19.5 Å². The molecule has 0 radical (unpaired) electrons. The molecule has 9 heteroatoms. The second kappa shape index (κ2) is 8.48. The Kier molecular flexibility index (Phi) is 5.61. The number of nitrogen functional groups attached to an aromatic ring is 1. The molecular weight excluding hydrogens is 448 g/mol. The van der Waals surface area contributed by atoms with Crippen LogP contribution in [0.5, 0.6) is 0 Å². The lowest BCUT2D eigenvalue weighted by Crippen LogP contribution is -2.43. The lowest BCUT2D eigenvalue weighted by molar-refractivity contribution is 0.449. The van der Waals surface area contributed by atoms with E-state index in [-0.39, 0.29) is 12.8 Å². The van der Waals surface area contributed by atoms with E-state index in [1.165, 1.54) is 0 Å². The third-order valence-corrected chi connectivity index (χ3v) is 8.40. The Hall–Kier alpha value is -3.30. The Labute approximate surface area is 198 Å². The van der Waals surface area contributed by atoms with Crippen molar-refractivity contribution < 1.29 is 8.42 Å². The smallest absolute Gasteiger partial charge is 0.221 e. The summed E-state index contributed by atoms with van der Waals surface area (Å²) >= 11 is 0. The number of anilines is 1. The number of nitrogens with two attached hydrogens (primary N) is 2. The summed E-state index contributed by atoms with van der Waals surface area (Å²) in [4.78, 5) is 13.9. The van der Waals surface area contributed by atoms with Gasteiger partial charge in [0.15, 0.2) is 5.82 Å². The Morgan fingerprint density at radius 1 is 1.15 bits per heavy atom. The van der Waals surface area contributed by atoms with Crippen molar-refractivity contribution in [1.29, 1.82) is 0 Å². The molecule has 5 rings (SSSR count).